The number of hydrogen-bond acceptors (Lipinski definition) is 3. The third kappa shape index (κ3) is 2.39. The van der Waals surface area contributed by atoms with E-state index in [9.17, 15) is 4.79 Å². The first kappa shape index (κ1) is 13.4. The summed E-state index contributed by atoms with van der Waals surface area (Å²) < 4.78 is 12.0. The van der Waals surface area contributed by atoms with E-state index in [0.717, 1.165) is 9.13 Å². The van der Waals surface area contributed by atoms with Crippen LogP contribution in [0.2, 0.25) is 0 Å². The van der Waals surface area contributed by atoms with Crippen LogP contribution in [0.1, 0.15) is 36.7 Å². The van der Waals surface area contributed by atoms with E-state index >= 15 is 0 Å². The van der Waals surface area contributed by atoms with Gasteiger partial charge in [-0.15, -0.1) is 0 Å². The number of fused-ring (bicyclic) bond motifs is 1. The highest BCUT2D eigenvalue weighted by molar-refractivity contribution is 14.1. The molecule has 0 saturated carbocycles. The van der Waals surface area contributed by atoms with Crippen LogP contribution < -0.4 is 4.74 Å². The highest BCUT2D eigenvalue weighted by atomic mass is 127. The molecule has 0 saturated heterocycles. The third-order valence-electron chi connectivity index (χ3n) is 2.67. The minimum atomic E-state index is -0.555. The van der Waals surface area contributed by atoms with Gasteiger partial charge in [0, 0.05) is 5.41 Å². The Morgan fingerprint density at radius 3 is 2.56 bits per heavy atom. The lowest BCUT2D eigenvalue weighted by molar-refractivity contribution is -0.116. The Morgan fingerprint density at radius 2 is 2.00 bits per heavy atom. The summed E-state index contributed by atoms with van der Waals surface area (Å²) in [6.45, 7) is 9.62. The summed E-state index contributed by atoms with van der Waals surface area (Å²) in [5, 5.41) is 0. The van der Waals surface area contributed by atoms with Crippen LogP contribution in [0.5, 0.6) is 5.75 Å². The molecule has 1 aliphatic rings. The van der Waals surface area contributed by atoms with Gasteiger partial charge in [-0.25, -0.2) is 4.79 Å². The van der Waals surface area contributed by atoms with Crippen LogP contribution in [0.15, 0.2) is 18.7 Å². The predicted octanol–water partition coefficient (Wildman–Crippen LogP) is 3.86. The van der Waals surface area contributed by atoms with E-state index in [1.165, 1.54) is 0 Å². The first-order valence-electron chi connectivity index (χ1n) is 5.66. The van der Waals surface area contributed by atoms with E-state index in [-0.39, 0.29) is 11.4 Å². The van der Waals surface area contributed by atoms with Gasteiger partial charge < -0.3 is 9.47 Å². The topological polar surface area (TPSA) is 35.5 Å². The summed E-state index contributed by atoms with van der Waals surface area (Å²) in [5.74, 6) is 0.273. The zero-order valence-electron chi connectivity index (χ0n) is 10.6. The van der Waals surface area contributed by atoms with Crippen molar-refractivity contribution in [1.29, 1.82) is 0 Å². The predicted molar refractivity (Wildman–Crippen MR) is 78.5 cm³/mol. The molecule has 0 N–H and O–H groups in total. The van der Waals surface area contributed by atoms with E-state index in [2.05, 4.69) is 29.2 Å². The van der Waals surface area contributed by atoms with Crippen molar-refractivity contribution in [1.82, 2.24) is 0 Å². The quantitative estimate of drug-likeness (QED) is 0.565. The molecular formula is C14H15IO3. The zero-order valence-corrected chi connectivity index (χ0v) is 12.8. The van der Waals surface area contributed by atoms with Crippen LogP contribution >= 0.6 is 22.6 Å². The van der Waals surface area contributed by atoms with Crippen LogP contribution in [0.4, 0.5) is 0 Å². The lowest BCUT2D eigenvalue weighted by atomic mass is 9.95. The fraction of sp³-hybridized carbons (Fsp3) is 0.357. The summed E-state index contributed by atoms with van der Waals surface area (Å²) in [5.41, 5.74) is 1.10. The Balaban J connectivity index is 2.49. The average molecular weight is 358 g/mol. The van der Waals surface area contributed by atoms with Crippen LogP contribution in [0.25, 0.3) is 6.08 Å². The minimum Gasteiger partial charge on any atom is -0.452 e. The lowest BCUT2D eigenvalue weighted by Gasteiger charge is -2.34. The Hall–Kier alpha value is -1.04. The monoisotopic (exact) mass is 358 g/mol. The number of rotatable bonds is 1. The standard InChI is InChI=1S/C14H15IO3/c1-5-8-6-9-11(10(15)7-8)17-13(14(2,3)4)18-12(9)16/h5-7,13H,1H2,2-4H3. The molecular weight excluding hydrogens is 343 g/mol. The van der Waals surface area contributed by atoms with Gasteiger partial charge in [0.15, 0.2) is 5.75 Å². The number of benzene rings is 1. The van der Waals surface area contributed by atoms with Crippen molar-refractivity contribution in [2.45, 2.75) is 27.1 Å². The molecule has 0 radical (unpaired) electrons. The Morgan fingerprint density at radius 1 is 1.33 bits per heavy atom. The van der Waals surface area contributed by atoms with Gasteiger partial charge in [-0.2, -0.15) is 0 Å². The maximum Gasteiger partial charge on any atom is 0.345 e. The van der Waals surface area contributed by atoms with Crippen LogP contribution in [0, 0.1) is 8.99 Å². The van der Waals surface area contributed by atoms with Crippen molar-refractivity contribution >= 4 is 34.6 Å². The van der Waals surface area contributed by atoms with Gasteiger partial charge in [-0.1, -0.05) is 33.4 Å². The van der Waals surface area contributed by atoms with Crippen LogP contribution in [-0.4, -0.2) is 12.3 Å². The van der Waals surface area contributed by atoms with Gasteiger partial charge in [0.1, 0.15) is 5.56 Å². The molecule has 1 aliphatic heterocycles. The van der Waals surface area contributed by atoms with Crippen molar-refractivity contribution in [3.8, 4) is 5.75 Å². The van der Waals surface area contributed by atoms with Crippen molar-refractivity contribution < 1.29 is 14.3 Å². The molecule has 1 atom stereocenters. The highest BCUT2D eigenvalue weighted by Gasteiger charge is 2.37. The smallest absolute Gasteiger partial charge is 0.345 e. The molecule has 1 aromatic rings. The molecule has 1 unspecified atom stereocenters. The van der Waals surface area contributed by atoms with Crippen molar-refractivity contribution in [3.05, 3.63) is 33.4 Å². The van der Waals surface area contributed by atoms with Crippen molar-refractivity contribution in [2.24, 2.45) is 5.41 Å². The second kappa shape index (κ2) is 4.57. The number of hydrogen-bond donors (Lipinski definition) is 0. The Labute approximate surface area is 120 Å². The van der Waals surface area contributed by atoms with E-state index in [1.54, 1.807) is 12.1 Å². The molecule has 0 amide bonds. The van der Waals surface area contributed by atoms with Crippen LogP contribution in [-0.2, 0) is 4.74 Å². The first-order chi connectivity index (χ1) is 8.32. The summed E-state index contributed by atoms with van der Waals surface area (Å²) in [6, 6.07) is 3.68. The number of halogens is 1. The lowest BCUT2D eigenvalue weighted by Crippen LogP contribution is -2.40. The largest absolute Gasteiger partial charge is 0.452 e. The molecule has 2 rings (SSSR count). The maximum absolute atomic E-state index is 12.0. The van der Waals surface area contributed by atoms with E-state index in [1.807, 2.05) is 26.8 Å². The average Bonchev–Trinajstić information content (AvgIpc) is 2.28. The summed E-state index contributed by atoms with van der Waals surface area (Å²) in [6.07, 6.45) is 1.14. The van der Waals surface area contributed by atoms with E-state index in [4.69, 9.17) is 9.47 Å². The van der Waals surface area contributed by atoms with Gasteiger partial charge >= 0.3 is 5.97 Å². The minimum absolute atomic E-state index is 0.256. The fourth-order valence-electron chi connectivity index (χ4n) is 1.65. The second-order valence-corrected chi connectivity index (χ2v) is 6.47. The highest BCUT2D eigenvalue weighted by Crippen LogP contribution is 2.37. The molecule has 0 aromatic heterocycles. The summed E-state index contributed by atoms with van der Waals surface area (Å²) >= 11 is 2.16. The van der Waals surface area contributed by atoms with Gasteiger partial charge in [0.05, 0.1) is 3.57 Å². The van der Waals surface area contributed by atoms with Crippen molar-refractivity contribution in [3.63, 3.8) is 0 Å². The van der Waals surface area contributed by atoms with Crippen LogP contribution in [0.3, 0.4) is 0 Å². The fourth-order valence-corrected chi connectivity index (χ4v) is 2.43. The molecule has 0 aliphatic carbocycles. The van der Waals surface area contributed by atoms with E-state index < -0.39 is 6.29 Å². The normalized spacial score (nSPS) is 18.7. The van der Waals surface area contributed by atoms with Gasteiger partial charge in [0.25, 0.3) is 0 Å². The second-order valence-electron chi connectivity index (χ2n) is 5.30. The summed E-state index contributed by atoms with van der Waals surface area (Å²) in [4.78, 5) is 12.0. The maximum atomic E-state index is 12.0. The van der Waals surface area contributed by atoms with Crippen molar-refractivity contribution in [2.75, 3.05) is 0 Å². The number of cyclic esters (lactones) is 1. The van der Waals surface area contributed by atoms with Gasteiger partial charge in [-0.05, 0) is 40.3 Å². The Bertz CT molecular complexity index is 515. The summed E-state index contributed by atoms with van der Waals surface area (Å²) in [7, 11) is 0. The van der Waals surface area contributed by atoms with Gasteiger partial charge in [-0.3, -0.25) is 0 Å². The third-order valence-corrected chi connectivity index (χ3v) is 3.47. The number of carbonyl (C=O) groups excluding carboxylic acids is 1. The molecule has 96 valence electrons. The number of esters is 1. The van der Waals surface area contributed by atoms with E-state index in [0.29, 0.717) is 11.3 Å². The number of carbonyl (C=O) groups is 1. The molecule has 0 spiro atoms. The molecule has 0 bridgehead atoms. The van der Waals surface area contributed by atoms with Gasteiger partial charge in [0.2, 0.25) is 6.29 Å². The Kier molecular flexibility index (Phi) is 3.40. The molecule has 18 heavy (non-hydrogen) atoms. The molecule has 3 nitrogen and oxygen atoms in total. The molecule has 1 aromatic carbocycles. The molecule has 0 fully saturated rings. The first-order valence-corrected chi connectivity index (χ1v) is 6.74. The molecule has 1 heterocycles. The number of ether oxygens (including phenoxy) is 2. The molecule has 4 heteroatoms. The SMILES string of the molecule is C=Cc1cc(I)c2c(c1)C(=O)OC(C(C)(C)C)O2. The zero-order chi connectivity index (χ0) is 13.5.